The lowest BCUT2D eigenvalue weighted by Crippen LogP contribution is -2.50. The molecule has 3 heterocycles. The van der Waals surface area contributed by atoms with Crippen LogP contribution in [0.4, 0.5) is 5.82 Å². The van der Waals surface area contributed by atoms with Crippen molar-refractivity contribution in [3.8, 4) is 16.3 Å². The summed E-state index contributed by atoms with van der Waals surface area (Å²) in [5.41, 5.74) is 2.14. The SMILES string of the molecule is O=C(COCc1ccccc1)N1CCCc2sc(-c3ccc(O[C@H]4C[C@H](N5CCCCC5)C4)cc3)nc21. The number of aromatic nitrogens is 1. The van der Waals surface area contributed by atoms with E-state index in [-0.39, 0.29) is 12.5 Å². The highest BCUT2D eigenvalue weighted by Crippen LogP contribution is 2.38. The fraction of sp³-hybridized carbons (Fsp3) is 0.467. The van der Waals surface area contributed by atoms with E-state index in [0.717, 1.165) is 53.4 Å². The standard InChI is InChI=1S/C30H35N3O3S/c34-28(21-35-20-22-8-3-1-4-9-22)33-17-7-10-27-29(33)31-30(37-27)23-11-13-25(14-12-23)36-26-18-24(19-26)32-15-5-2-6-16-32/h1,3-4,8-9,11-14,24,26H,2,5-7,10,15-21H2/t24-,26-. The van der Waals surface area contributed by atoms with E-state index in [4.69, 9.17) is 14.5 Å². The first-order chi connectivity index (χ1) is 18.2. The van der Waals surface area contributed by atoms with Gasteiger partial charge in [-0.25, -0.2) is 4.98 Å². The Morgan fingerprint density at radius 2 is 1.73 bits per heavy atom. The number of carbonyl (C=O) groups is 1. The van der Waals surface area contributed by atoms with Gasteiger partial charge < -0.3 is 14.4 Å². The Kier molecular flexibility index (Phi) is 7.53. The van der Waals surface area contributed by atoms with Gasteiger partial charge in [-0.1, -0.05) is 36.8 Å². The molecule has 0 unspecified atom stereocenters. The van der Waals surface area contributed by atoms with E-state index < -0.39 is 0 Å². The number of ether oxygens (including phenoxy) is 2. The molecule has 7 heteroatoms. The lowest BCUT2D eigenvalue weighted by molar-refractivity contribution is -0.123. The van der Waals surface area contributed by atoms with Gasteiger partial charge in [0.15, 0.2) is 0 Å². The summed E-state index contributed by atoms with van der Waals surface area (Å²) in [7, 11) is 0. The van der Waals surface area contributed by atoms with Gasteiger partial charge in [0.05, 0.1) is 6.61 Å². The minimum absolute atomic E-state index is 0.0270. The number of carbonyl (C=O) groups excluding carboxylic acids is 1. The maximum atomic E-state index is 12.9. The summed E-state index contributed by atoms with van der Waals surface area (Å²) in [6, 6.07) is 19.0. The van der Waals surface area contributed by atoms with E-state index in [1.54, 1.807) is 16.2 Å². The number of thiazole rings is 1. The van der Waals surface area contributed by atoms with Crippen molar-refractivity contribution in [1.29, 1.82) is 0 Å². The molecular formula is C30H35N3O3S. The molecule has 3 aromatic rings. The molecule has 1 aromatic heterocycles. The van der Waals surface area contributed by atoms with Crippen molar-refractivity contribution in [2.45, 2.75) is 63.7 Å². The van der Waals surface area contributed by atoms with Gasteiger partial charge >= 0.3 is 0 Å². The second-order valence-corrected chi connectivity index (χ2v) is 11.5. The number of hydrogen-bond donors (Lipinski definition) is 0. The maximum absolute atomic E-state index is 12.9. The fourth-order valence-electron chi connectivity index (χ4n) is 5.58. The summed E-state index contributed by atoms with van der Waals surface area (Å²) in [5, 5.41) is 0.954. The van der Waals surface area contributed by atoms with Gasteiger partial charge in [-0.2, -0.15) is 0 Å². The van der Waals surface area contributed by atoms with Gasteiger partial charge in [0, 0.05) is 35.9 Å². The molecule has 0 spiro atoms. The molecule has 2 fully saturated rings. The highest BCUT2D eigenvalue weighted by Gasteiger charge is 2.35. The Balaban J connectivity index is 1.04. The number of benzene rings is 2. The highest BCUT2D eigenvalue weighted by molar-refractivity contribution is 7.15. The number of amides is 1. The van der Waals surface area contributed by atoms with Crippen LogP contribution in [-0.2, 0) is 22.6 Å². The molecular weight excluding hydrogens is 482 g/mol. The molecule has 1 amide bonds. The molecule has 1 aliphatic carbocycles. The minimum atomic E-state index is -0.0270. The summed E-state index contributed by atoms with van der Waals surface area (Å²) >= 11 is 1.69. The van der Waals surface area contributed by atoms with Crippen molar-refractivity contribution in [3.63, 3.8) is 0 Å². The average Bonchev–Trinajstić information content (AvgIpc) is 3.36. The molecule has 1 saturated heterocycles. The molecule has 37 heavy (non-hydrogen) atoms. The quantitative estimate of drug-likeness (QED) is 0.384. The van der Waals surface area contributed by atoms with Gasteiger partial charge in [-0.3, -0.25) is 9.69 Å². The van der Waals surface area contributed by atoms with Crippen LogP contribution in [0.5, 0.6) is 5.75 Å². The Bertz CT molecular complexity index is 1180. The van der Waals surface area contributed by atoms with Crippen molar-refractivity contribution in [3.05, 3.63) is 65.0 Å². The second kappa shape index (κ2) is 11.3. The van der Waals surface area contributed by atoms with Gasteiger partial charge in [0.2, 0.25) is 0 Å². The average molecular weight is 518 g/mol. The van der Waals surface area contributed by atoms with Crippen LogP contribution in [0.15, 0.2) is 54.6 Å². The normalized spacial score (nSPS) is 21.8. The van der Waals surface area contributed by atoms with E-state index in [0.29, 0.717) is 25.3 Å². The Labute approximate surface area is 223 Å². The second-order valence-electron chi connectivity index (χ2n) is 10.4. The van der Waals surface area contributed by atoms with Crippen LogP contribution in [0, 0.1) is 0 Å². The molecule has 1 saturated carbocycles. The molecule has 0 radical (unpaired) electrons. The van der Waals surface area contributed by atoms with Gasteiger partial charge in [-0.05, 0) is 68.6 Å². The molecule has 0 atom stereocenters. The number of fused-ring (bicyclic) bond motifs is 1. The fourth-order valence-corrected chi connectivity index (χ4v) is 6.69. The zero-order chi connectivity index (χ0) is 25.0. The van der Waals surface area contributed by atoms with Crippen LogP contribution < -0.4 is 9.64 Å². The zero-order valence-electron chi connectivity index (χ0n) is 21.3. The van der Waals surface area contributed by atoms with Crippen molar-refractivity contribution < 1.29 is 14.3 Å². The number of aryl methyl sites for hydroxylation is 1. The molecule has 6 nitrogen and oxygen atoms in total. The third-order valence-corrected chi connectivity index (χ3v) is 8.89. The number of anilines is 1. The first-order valence-corrected chi connectivity index (χ1v) is 14.5. The molecule has 2 aromatic carbocycles. The molecule has 0 bridgehead atoms. The summed E-state index contributed by atoms with van der Waals surface area (Å²) in [5.74, 6) is 1.71. The number of piperidine rings is 1. The van der Waals surface area contributed by atoms with Crippen molar-refractivity contribution >= 4 is 23.1 Å². The van der Waals surface area contributed by atoms with Crippen molar-refractivity contribution in [2.24, 2.45) is 0 Å². The largest absolute Gasteiger partial charge is 0.490 e. The summed E-state index contributed by atoms with van der Waals surface area (Å²) < 4.78 is 12.0. The Morgan fingerprint density at radius 3 is 2.51 bits per heavy atom. The van der Waals surface area contributed by atoms with Crippen molar-refractivity contribution in [2.75, 3.05) is 31.1 Å². The molecule has 194 valence electrons. The van der Waals surface area contributed by atoms with E-state index in [2.05, 4.69) is 29.2 Å². The first kappa shape index (κ1) is 24.6. The van der Waals surface area contributed by atoms with E-state index in [1.165, 1.54) is 37.2 Å². The lowest BCUT2D eigenvalue weighted by atomic mass is 9.86. The summed E-state index contributed by atoms with van der Waals surface area (Å²) in [6.07, 6.45) is 8.59. The van der Waals surface area contributed by atoms with Crippen LogP contribution in [0.3, 0.4) is 0 Å². The van der Waals surface area contributed by atoms with Crippen molar-refractivity contribution in [1.82, 2.24) is 9.88 Å². The van der Waals surface area contributed by atoms with Crippen LogP contribution in [0.1, 0.15) is 49.0 Å². The van der Waals surface area contributed by atoms with E-state index >= 15 is 0 Å². The van der Waals surface area contributed by atoms with Gasteiger partial charge in [0.1, 0.15) is 29.3 Å². The Hall–Kier alpha value is -2.74. The smallest absolute Gasteiger partial charge is 0.254 e. The topological polar surface area (TPSA) is 54.9 Å². The highest BCUT2D eigenvalue weighted by atomic mass is 32.1. The molecule has 0 N–H and O–H groups in total. The van der Waals surface area contributed by atoms with Gasteiger partial charge in [-0.15, -0.1) is 11.3 Å². The number of rotatable bonds is 8. The van der Waals surface area contributed by atoms with Crippen LogP contribution >= 0.6 is 11.3 Å². The lowest BCUT2D eigenvalue weighted by Gasteiger charge is -2.44. The molecule has 3 aliphatic rings. The number of nitrogens with zero attached hydrogens (tertiary/aromatic N) is 3. The third-order valence-electron chi connectivity index (χ3n) is 7.74. The summed E-state index contributed by atoms with van der Waals surface area (Å²) in [6.45, 7) is 3.70. The third kappa shape index (κ3) is 5.74. The zero-order valence-corrected chi connectivity index (χ0v) is 22.1. The number of hydrogen-bond acceptors (Lipinski definition) is 6. The predicted molar refractivity (Wildman–Crippen MR) is 147 cm³/mol. The molecule has 2 aliphatic heterocycles. The molecule has 6 rings (SSSR count). The van der Waals surface area contributed by atoms with E-state index in [9.17, 15) is 4.79 Å². The minimum Gasteiger partial charge on any atom is -0.490 e. The monoisotopic (exact) mass is 517 g/mol. The first-order valence-electron chi connectivity index (χ1n) is 13.7. The maximum Gasteiger partial charge on any atom is 0.254 e. The Morgan fingerprint density at radius 1 is 0.946 bits per heavy atom. The van der Waals surface area contributed by atoms with Gasteiger partial charge in [0.25, 0.3) is 5.91 Å². The number of likely N-dealkylation sites (tertiary alicyclic amines) is 1. The van der Waals surface area contributed by atoms with Crippen LogP contribution in [0.2, 0.25) is 0 Å². The van der Waals surface area contributed by atoms with Crippen LogP contribution in [-0.4, -0.2) is 54.2 Å². The van der Waals surface area contributed by atoms with Crippen LogP contribution in [0.25, 0.3) is 10.6 Å². The van der Waals surface area contributed by atoms with E-state index in [1.807, 2.05) is 30.3 Å². The predicted octanol–water partition coefficient (Wildman–Crippen LogP) is 5.70. The summed E-state index contributed by atoms with van der Waals surface area (Å²) in [4.78, 5) is 23.5.